The Kier molecular flexibility index (Phi) is 7.98. The van der Waals surface area contributed by atoms with Gasteiger partial charge in [-0.05, 0) is 91.4 Å². The first-order chi connectivity index (χ1) is 18.3. The van der Waals surface area contributed by atoms with Crippen LogP contribution in [0.5, 0.6) is 0 Å². The molecular weight excluding hydrogens is 523 g/mol. The Balaban J connectivity index is 1.16. The quantitative estimate of drug-likeness (QED) is 0.255. The fraction of sp³-hybridized carbons (Fsp3) is 0.259. The number of nitrogens with one attached hydrogen (secondary N) is 3. The van der Waals surface area contributed by atoms with Gasteiger partial charge >= 0.3 is 0 Å². The molecule has 0 atom stereocenters. The number of benzene rings is 2. The number of hydrogen-bond acceptors (Lipinski definition) is 8. The molecule has 3 heterocycles. The highest BCUT2D eigenvalue weighted by molar-refractivity contribution is 7.89. The van der Waals surface area contributed by atoms with Crippen LogP contribution < -0.4 is 16.0 Å². The second-order valence-electron chi connectivity index (χ2n) is 9.20. The Morgan fingerprint density at radius 1 is 1.00 bits per heavy atom. The summed E-state index contributed by atoms with van der Waals surface area (Å²) in [4.78, 5) is 10.2. The normalized spacial score (nSPS) is 14.9. The topological polar surface area (TPSA) is 99.3 Å². The van der Waals surface area contributed by atoms with Gasteiger partial charge in [-0.15, -0.1) is 11.3 Å². The first-order valence-electron chi connectivity index (χ1n) is 12.4. The SMILES string of the molecule is Cc1csc(CNC2CCN(S(=O)(=O)c3ccc(Nc4nccc(Nc5ccc(F)cc5)n4)cc3)CC2)c1. The monoisotopic (exact) mass is 552 g/mol. The number of thiophene rings is 1. The minimum Gasteiger partial charge on any atom is -0.340 e. The van der Waals surface area contributed by atoms with Crippen molar-refractivity contribution in [3.63, 3.8) is 0 Å². The summed E-state index contributed by atoms with van der Waals surface area (Å²) >= 11 is 1.75. The van der Waals surface area contributed by atoms with Crippen LogP contribution in [0.15, 0.2) is 77.1 Å². The van der Waals surface area contributed by atoms with Crippen molar-refractivity contribution in [1.29, 1.82) is 0 Å². The van der Waals surface area contributed by atoms with Crippen molar-refractivity contribution < 1.29 is 12.8 Å². The number of halogens is 1. The van der Waals surface area contributed by atoms with Crippen LogP contribution in [0.1, 0.15) is 23.3 Å². The van der Waals surface area contributed by atoms with Crippen molar-refractivity contribution in [2.45, 2.75) is 37.2 Å². The number of rotatable bonds is 9. The zero-order chi connectivity index (χ0) is 26.5. The number of sulfonamides is 1. The maximum atomic E-state index is 13.2. The molecule has 1 aliphatic rings. The van der Waals surface area contributed by atoms with Gasteiger partial charge in [-0.1, -0.05) is 0 Å². The number of aryl methyl sites for hydroxylation is 1. The van der Waals surface area contributed by atoms with Crippen LogP contribution in [0.2, 0.25) is 0 Å². The molecular formula is C27H29FN6O2S2. The number of anilines is 4. The van der Waals surface area contributed by atoms with E-state index in [0.717, 1.165) is 19.4 Å². The van der Waals surface area contributed by atoms with Gasteiger partial charge in [0, 0.05) is 48.1 Å². The van der Waals surface area contributed by atoms with E-state index in [1.807, 2.05) is 0 Å². The van der Waals surface area contributed by atoms with E-state index in [1.54, 1.807) is 64.3 Å². The lowest BCUT2D eigenvalue weighted by Crippen LogP contribution is -2.44. The molecule has 0 aliphatic carbocycles. The Morgan fingerprint density at radius 3 is 2.37 bits per heavy atom. The highest BCUT2D eigenvalue weighted by Gasteiger charge is 2.29. The molecule has 0 saturated carbocycles. The van der Waals surface area contributed by atoms with Gasteiger partial charge < -0.3 is 16.0 Å². The molecule has 0 amide bonds. The molecule has 0 radical (unpaired) electrons. The second kappa shape index (κ2) is 11.6. The van der Waals surface area contributed by atoms with E-state index >= 15 is 0 Å². The highest BCUT2D eigenvalue weighted by Crippen LogP contribution is 2.24. The molecule has 0 unspecified atom stereocenters. The smallest absolute Gasteiger partial charge is 0.243 e. The molecule has 3 N–H and O–H groups in total. The highest BCUT2D eigenvalue weighted by atomic mass is 32.2. The standard InChI is InChI=1S/C27H29FN6O2S2/c1-19-16-24(37-18-19)17-30-21-11-14-34(15-12-21)38(35,36)25-8-6-23(7-9-25)32-27-29-13-10-26(33-27)31-22-4-2-20(28)3-5-22/h2-10,13,16,18,21,30H,11-12,14-15,17H2,1H3,(H2,29,31,32,33). The molecule has 198 valence electrons. The van der Waals surface area contributed by atoms with Crippen molar-refractivity contribution in [1.82, 2.24) is 19.6 Å². The van der Waals surface area contributed by atoms with E-state index in [9.17, 15) is 12.8 Å². The van der Waals surface area contributed by atoms with Crippen molar-refractivity contribution in [3.8, 4) is 0 Å². The molecule has 1 fully saturated rings. The summed E-state index contributed by atoms with van der Waals surface area (Å²) in [5.74, 6) is 0.573. The average Bonchev–Trinajstić information content (AvgIpc) is 3.34. The fourth-order valence-corrected chi connectivity index (χ4v) is 6.58. The number of aromatic nitrogens is 2. The van der Waals surface area contributed by atoms with Crippen LogP contribution in [-0.2, 0) is 16.6 Å². The predicted octanol–water partition coefficient (Wildman–Crippen LogP) is 5.42. The first kappa shape index (κ1) is 26.2. The van der Waals surface area contributed by atoms with E-state index < -0.39 is 10.0 Å². The Labute approximate surface area is 226 Å². The summed E-state index contributed by atoms with van der Waals surface area (Å²) in [5, 5.41) is 11.9. The summed E-state index contributed by atoms with van der Waals surface area (Å²) in [5.41, 5.74) is 2.63. The van der Waals surface area contributed by atoms with Crippen molar-refractivity contribution >= 4 is 44.5 Å². The summed E-state index contributed by atoms with van der Waals surface area (Å²) in [7, 11) is -3.57. The van der Waals surface area contributed by atoms with Gasteiger partial charge in [0.05, 0.1) is 4.90 Å². The molecule has 1 aliphatic heterocycles. The van der Waals surface area contributed by atoms with E-state index in [2.05, 4.69) is 44.3 Å². The van der Waals surface area contributed by atoms with Gasteiger partial charge in [-0.3, -0.25) is 0 Å². The summed E-state index contributed by atoms with van der Waals surface area (Å²) in [6, 6.07) is 16.8. The zero-order valence-corrected chi connectivity index (χ0v) is 22.5. The maximum absolute atomic E-state index is 13.2. The molecule has 38 heavy (non-hydrogen) atoms. The lowest BCUT2D eigenvalue weighted by atomic mass is 10.1. The molecule has 1 saturated heterocycles. The first-order valence-corrected chi connectivity index (χ1v) is 14.7. The van der Waals surface area contributed by atoms with Gasteiger partial charge in [0.2, 0.25) is 16.0 Å². The van der Waals surface area contributed by atoms with E-state index in [-0.39, 0.29) is 10.7 Å². The predicted molar refractivity (Wildman–Crippen MR) is 149 cm³/mol. The fourth-order valence-electron chi connectivity index (χ4n) is 4.29. The summed E-state index contributed by atoms with van der Waals surface area (Å²) < 4.78 is 41.1. The zero-order valence-electron chi connectivity index (χ0n) is 20.9. The Hall–Kier alpha value is -3.38. The molecule has 0 spiro atoms. The van der Waals surface area contributed by atoms with E-state index in [0.29, 0.717) is 42.3 Å². The molecule has 5 rings (SSSR count). The van der Waals surface area contributed by atoms with Crippen LogP contribution in [0.3, 0.4) is 0 Å². The third-order valence-corrected chi connectivity index (χ3v) is 9.29. The van der Waals surface area contributed by atoms with Gasteiger partial charge in [0.1, 0.15) is 11.6 Å². The second-order valence-corrected chi connectivity index (χ2v) is 12.1. The third kappa shape index (κ3) is 6.54. The van der Waals surface area contributed by atoms with Gasteiger partial charge in [0.15, 0.2) is 0 Å². The lowest BCUT2D eigenvalue weighted by Gasteiger charge is -2.31. The Morgan fingerprint density at radius 2 is 1.68 bits per heavy atom. The van der Waals surface area contributed by atoms with Gasteiger partial charge in [-0.25, -0.2) is 17.8 Å². The van der Waals surface area contributed by atoms with Gasteiger partial charge in [-0.2, -0.15) is 9.29 Å². The average molecular weight is 553 g/mol. The lowest BCUT2D eigenvalue weighted by molar-refractivity contribution is 0.289. The van der Waals surface area contributed by atoms with Crippen LogP contribution >= 0.6 is 11.3 Å². The van der Waals surface area contributed by atoms with Crippen LogP contribution in [0.25, 0.3) is 0 Å². The summed E-state index contributed by atoms with van der Waals surface area (Å²) in [6.07, 6.45) is 3.16. The summed E-state index contributed by atoms with van der Waals surface area (Å²) in [6.45, 7) is 3.89. The molecule has 0 bridgehead atoms. The number of hydrogen-bond donors (Lipinski definition) is 3. The molecule has 11 heteroatoms. The third-order valence-electron chi connectivity index (χ3n) is 6.32. The van der Waals surface area contributed by atoms with E-state index in [4.69, 9.17) is 0 Å². The van der Waals surface area contributed by atoms with Gasteiger partial charge in [0.25, 0.3) is 0 Å². The van der Waals surface area contributed by atoms with Crippen LogP contribution in [0, 0.1) is 12.7 Å². The minimum absolute atomic E-state index is 0.260. The van der Waals surface area contributed by atoms with E-state index in [1.165, 1.54) is 22.6 Å². The molecule has 2 aromatic heterocycles. The molecule has 8 nitrogen and oxygen atoms in total. The van der Waals surface area contributed by atoms with Crippen molar-refractivity contribution in [2.24, 2.45) is 0 Å². The maximum Gasteiger partial charge on any atom is 0.243 e. The number of piperidine rings is 1. The minimum atomic E-state index is -3.57. The Bertz CT molecular complexity index is 1470. The molecule has 4 aromatic rings. The van der Waals surface area contributed by atoms with Crippen molar-refractivity contribution in [3.05, 3.63) is 88.5 Å². The van der Waals surface area contributed by atoms with Crippen LogP contribution in [0.4, 0.5) is 27.5 Å². The van der Waals surface area contributed by atoms with Crippen molar-refractivity contribution in [2.75, 3.05) is 23.7 Å². The largest absolute Gasteiger partial charge is 0.340 e. The van der Waals surface area contributed by atoms with Crippen LogP contribution in [-0.4, -0.2) is 41.8 Å². The molecule has 2 aromatic carbocycles. The number of nitrogens with zero attached hydrogens (tertiary/aromatic N) is 3.